The van der Waals surface area contributed by atoms with E-state index < -0.39 is 5.97 Å². The van der Waals surface area contributed by atoms with E-state index in [0.29, 0.717) is 12.3 Å². The van der Waals surface area contributed by atoms with E-state index in [-0.39, 0.29) is 16.9 Å². The molecule has 0 atom stereocenters. The van der Waals surface area contributed by atoms with E-state index in [9.17, 15) is 4.79 Å². The summed E-state index contributed by atoms with van der Waals surface area (Å²) >= 11 is 0. The van der Waals surface area contributed by atoms with Crippen LogP contribution in [0, 0.1) is 11.3 Å². The number of nitrogens with zero attached hydrogens (tertiary/aromatic N) is 2. The quantitative estimate of drug-likeness (QED) is 0.654. The van der Waals surface area contributed by atoms with Crippen LogP contribution in [0.1, 0.15) is 35.8 Å². The highest BCUT2D eigenvalue weighted by molar-refractivity contribution is 5.95. The summed E-state index contributed by atoms with van der Waals surface area (Å²) in [7, 11) is 1.27. The Morgan fingerprint density at radius 1 is 1.35 bits per heavy atom. The number of carbonyl (C=O) groups excluding carboxylic acids is 1. The molecule has 0 spiro atoms. The van der Waals surface area contributed by atoms with Crippen LogP contribution in [-0.2, 0) is 4.74 Å². The molecule has 0 aliphatic carbocycles. The van der Waals surface area contributed by atoms with Gasteiger partial charge in [-0.1, -0.05) is 13.3 Å². The molecule has 2 aromatic rings. The molecule has 1 aromatic heterocycles. The van der Waals surface area contributed by atoms with Crippen LogP contribution >= 0.6 is 0 Å². The van der Waals surface area contributed by atoms with E-state index in [1.165, 1.54) is 13.3 Å². The predicted molar refractivity (Wildman–Crippen MR) is 86.6 cm³/mol. The summed E-state index contributed by atoms with van der Waals surface area (Å²) in [5, 5.41) is 9.11. The fourth-order valence-corrected chi connectivity index (χ4v) is 2.16. The van der Waals surface area contributed by atoms with Gasteiger partial charge in [0.1, 0.15) is 11.8 Å². The van der Waals surface area contributed by atoms with Gasteiger partial charge in [0, 0.05) is 11.9 Å². The zero-order valence-corrected chi connectivity index (χ0v) is 13.2. The summed E-state index contributed by atoms with van der Waals surface area (Å²) in [5.41, 5.74) is 7.05. The molecule has 6 nitrogen and oxygen atoms in total. The predicted octanol–water partition coefficient (Wildman–Crippen LogP) is 2.90. The lowest BCUT2D eigenvalue weighted by Crippen LogP contribution is -2.11. The summed E-state index contributed by atoms with van der Waals surface area (Å²) in [5.74, 6) is 0.162. The van der Waals surface area contributed by atoms with E-state index in [1.54, 1.807) is 16.7 Å². The number of hydrogen-bond donors (Lipinski definition) is 1. The second-order valence-corrected chi connectivity index (χ2v) is 4.97. The zero-order valence-electron chi connectivity index (χ0n) is 13.2. The Hall–Kier alpha value is -2.94. The SMILES string of the molecule is CCCCOc1ccc(-n2cc(C#N)c(N)c2C(=O)OC)cc1. The molecule has 6 heteroatoms. The van der Waals surface area contributed by atoms with Gasteiger partial charge in [-0.15, -0.1) is 0 Å². The van der Waals surface area contributed by atoms with Gasteiger partial charge in [0.15, 0.2) is 5.69 Å². The van der Waals surface area contributed by atoms with E-state index in [1.807, 2.05) is 18.2 Å². The first-order valence-corrected chi connectivity index (χ1v) is 7.34. The molecular formula is C17H19N3O3. The van der Waals surface area contributed by atoms with Crippen LogP contribution in [0.5, 0.6) is 5.75 Å². The maximum Gasteiger partial charge on any atom is 0.357 e. The van der Waals surface area contributed by atoms with E-state index in [4.69, 9.17) is 20.5 Å². The van der Waals surface area contributed by atoms with Crippen molar-refractivity contribution in [3.63, 3.8) is 0 Å². The molecule has 120 valence electrons. The number of carbonyl (C=O) groups is 1. The minimum Gasteiger partial charge on any atom is -0.494 e. The van der Waals surface area contributed by atoms with Crippen LogP contribution in [0.2, 0.25) is 0 Å². The van der Waals surface area contributed by atoms with E-state index in [2.05, 4.69) is 6.92 Å². The number of anilines is 1. The molecular weight excluding hydrogens is 294 g/mol. The zero-order chi connectivity index (χ0) is 16.8. The number of rotatable bonds is 6. The van der Waals surface area contributed by atoms with Crippen LogP contribution in [0.15, 0.2) is 30.5 Å². The molecule has 0 saturated carbocycles. The van der Waals surface area contributed by atoms with E-state index in [0.717, 1.165) is 18.6 Å². The maximum atomic E-state index is 11.9. The molecule has 1 heterocycles. The van der Waals surface area contributed by atoms with E-state index >= 15 is 0 Å². The number of unbranched alkanes of at least 4 members (excludes halogenated alkanes) is 1. The molecule has 0 radical (unpaired) electrons. The van der Waals surface area contributed by atoms with Gasteiger partial charge in [-0.3, -0.25) is 0 Å². The number of ether oxygens (including phenoxy) is 2. The number of benzene rings is 1. The normalized spacial score (nSPS) is 10.1. The molecule has 0 fully saturated rings. The second-order valence-electron chi connectivity index (χ2n) is 4.97. The molecule has 2 rings (SSSR count). The highest BCUT2D eigenvalue weighted by Crippen LogP contribution is 2.25. The third kappa shape index (κ3) is 3.46. The number of methoxy groups -OCH3 is 1. The molecule has 1 aromatic carbocycles. The highest BCUT2D eigenvalue weighted by Gasteiger charge is 2.21. The molecule has 0 bridgehead atoms. The van der Waals surface area contributed by atoms with Crippen LogP contribution in [-0.4, -0.2) is 24.3 Å². The number of aromatic nitrogens is 1. The van der Waals surface area contributed by atoms with Gasteiger partial charge in [0.05, 0.1) is 25.0 Å². The van der Waals surface area contributed by atoms with Crippen molar-refractivity contribution in [2.24, 2.45) is 0 Å². The Balaban J connectivity index is 2.34. The molecule has 0 amide bonds. The number of nitriles is 1. The number of hydrogen-bond acceptors (Lipinski definition) is 5. The van der Waals surface area contributed by atoms with Gasteiger partial charge in [0.2, 0.25) is 0 Å². The Morgan fingerprint density at radius 3 is 2.61 bits per heavy atom. The fourth-order valence-electron chi connectivity index (χ4n) is 2.16. The lowest BCUT2D eigenvalue weighted by atomic mass is 10.2. The lowest BCUT2D eigenvalue weighted by Gasteiger charge is -2.10. The third-order valence-corrected chi connectivity index (χ3v) is 3.43. The summed E-state index contributed by atoms with van der Waals surface area (Å²) in [6.07, 6.45) is 3.59. The summed E-state index contributed by atoms with van der Waals surface area (Å²) < 4.78 is 11.9. The third-order valence-electron chi connectivity index (χ3n) is 3.43. The van der Waals surface area contributed by atoms with Crippen LogP contribution in [0.4, 0.5) is 5.69 Å². The lowest BCUT2D eigenvalue weighted by molar-refractivity contribution is 0.0593. The van der Waals surface area contributed by atoms with Crippen molar-refractivity contribution < 1.29 is 14.3 Å². The standard InChI is InChI=1S/C17H19N3O3/c1-3-4-9-23-14-7-5-13(6-8-14)20-11-12(10-18)15(19)16(20)17(21)22-2/h5-8,11H,3-4,9,19H2,1-2H3. The fraction of sp³-hybridized carbons (Fsp3) is 0.294. The topological polar surface area (TPSA) is 90.3 Å². The van der Waals surface area contributed by atoms with Crippen molar-refractivity contribution in [2.75, 3.05) is 19.5 Å². The Labute approximate surface area is 135 Å². The molecule has 2 N–H and O–H groups in total. The minimum atomic E-state index is -0.590. The second kappa shape index (κ2) is 7.36. The van der Waals surface area contributed by atoms with Crippen molar-refractivity contribution in [1.82, 2.24) is 4.57 Å². The first-order valence-electron chi connectivity index (χ1n) is 7.34. The molecule has 0 saturated heterocycles. The Kier molecular flexibility index (Phi) is 5.26. The monoisotopic (exact) mass is 313 g/mol. The average molecular weight is 313 g/mol. The van der Waals surface area contributed by atoms with Gasteiger partial charge in [-0.2, -0.15) is 5.26 Å². The van der Waals surface area contributed by atoms with Gasteiger partial charge in [-0.25, -0.2) is 4.79 Å². The van der Waals surface area contributed by atoms with Crippen LogP contribution < -0.4 is 10.5 Å². The maximum absolute atomic E-state index is 11.9. The Bertz CT molecular complexity index is 727. The van der Waals surface area contributed by atoms with Gasteiger partial charge >= 0.3 is 5.97 Å². The highest BCUT2D eigenvalue weighted by atomic mass is 16.5. The minimum absolute atomic E-state index is 0.114. The summed E-state index contributed by atoms with van der Waals surface area (Å²) in [4.78, 5) is 11.9. The summed E-state index contributed by atoms with van der Waals surface area (Å²) in [6, 6.07) is 9.20. The first kappa shape index (κ1) is 16.4. The molecule has 0 aliphatic rings. The van der Waals surface area contributed by atoms with Gasteiger partial charge < -0.3 is 19.8 Å². The largest absolute Gasteiger partial charge is 0.494 e. The first-order chi connectivity index (χ1) is 11.1. The molecule has 23 heavy (non-hydrogen) atoms. The van der Waals surface area contributed by atoms with Crippen LogP contribution in [0.3, 0.4) is 0 Å². The number of esters is 1. The van der Waals surface area contributed by atoms with Crippen molar-refractivity contribution in [1.29, 1.82) is 5.26 Å². The van der Waals surface area contributed by atoms with Crippen molar-refractivity contribution in [3.05, 3.63) is 41.7 Å². The van der Waals surface area contributed by atoms with Crippen molar-refractivity contribution in [2.45, 2.75) is 19.8 Å². The summed E-state index contributed by atoms with van der Waals surface area (Å²) in [6.45, 7) is 2.77. The number of nitrogens with two attached hydrogens (primary N) is 1. The average Bonchev–Trinajstić information content (AvgIpc) is 2.91. The van der Waals surface area contributed by atoms with Gasteiger partial charge in [0.25, 0.3) is 0 Å². The Morgan fingerprint density at radius 2 is 2.04 bits per heavy atom. The van der Waals surface area contributed by atoms with Gasteiger partial charge in [-0.05, 0) is 30.7 Å². The number of nitrogen functional groups attached to an aromatic ring is 1. The molecule has 0 aliphatic heterocycles. The van der Waals surface area contributed by atoms with Crippen molar-refractivity contribution >= 4 is 11.7 Å². The van der Waals surface area contributed by atoms with Crippen molar-refractivity contribution in [3.8, 4) is 17.5 Å². The molecule has 0 unspecified atom stereocenters. The smallest absolute Gasteiger partial charge is 0.357 e. The van der Waals surface area contributed by atoms with Crippen LogP contribution in [0.25, 0.3) is 5.69 Å².